The van der Waals surface area contributed by atoms with E-state index in [0.29, 0.717) is 0 Å². The summed E-state index contributed by atoms with van der Waals surface area (Å²) in [5, 5.41) is 254. The van der Waals surface area contributed by atoms with Gasteiger partial charge in [-0.05, 0) is 0 Å². The topological polar surface area (TPSA) is 613 Å². The average molecular weight is 1280 g/mol. The van der Waals surface area contributed by atoms with Gasteiger partial charge in [0.15, 0.2) is 50.3 Å². The molecular formula is C48H80O39. The first-order chi connectivity index (χ1) is 41.5. The summed E-state index contributed by atoms with van der Waals surface area (Å²) in [5.74, 6) is 0. The van der Waals surface area contributed by atoms with Crippen LogP contribution >= 0.6 is 0 Å². The number of aliphatic hydroxyl groups excluding tert-OH is 23. The van der Waals surface area contributed by atoms with Gasteiger partial charge in [0.2, 0.25) is 0 Å². The van der Waals surface area contributed by atoms with Crippen molar-refractivity contribution in [3.63, 3.8) is 0 Å². The van der Waals surface area contributed by atoms with E-state index in [1.165, 1.54) is 0 Å². The van der Waals surface area contributed by atoms with Gasteiger partial charge in [-0.1, -0.05) is 0 Å². The molecule has 26 saturated heterocycles. The first kappa shape index (κ1) is 69.8. The largest absolute Gasteiger partial charge is 0.394 e. The molecule has 0 aromatic rings. The van der Waals surface area contributed by atoms with E-state index in [2.05, 4.69) is 0 Å². The minimum absolute atomic E-state index is 0.562. The maximum Gasteiger partial charge on any atom is 0.187 e. The summed E-state index contributed by atoms with van der Waals surface area (Å²) in [4.78, 5) is 0. The van der Waals surface area contributed by atoms with Gasteiger partial charge in [0.25, 0.3) is 0 Å². The maximum absolute atomic E-state index is 11.6. The van der Waals surface area contributed by atoms with Gasteiger partial charge in [-0.3, -0.25) is 0 Å². The maximum atomic E-state index is 11.6. The van der Waals surface area contributed by atoms with Crippen molar-refractivity contribution < 1.29 is 193 Å². The number of aliphatic hydroxyl groups is 23. The predicted octanol–water partition coefficient (Wildman–Crippen LogP) is -16.4. The minimum Gasteiger partial charge on any atom is -0.394 e. The van der Waals surface area contributed by atoms with Crippen LogP contribution < -0.4 is 0 Å². The zero-order valence-electron chi connectivity index (χ0n) is 45.7. The van der Waals surface area contributed by atoms with Gasteiger partial charge in [0, 0.05) is 6.42 Å². The Morgan fingerprint density at radius 2 is 0.391 bits per heavy atom. The molecular weight excluding hydrogens is 1200 g/mol. The molecule has 39 heteroatoms. The highest BCUT2D eigenvalue weighted by atomic mass is 16.8. The molecule has 26 aliphatic rings. The quantitative estimate of drug-likeness (QED) is 0.107. The van der Waals surface area contributed by atoms with Crippen molar-refractivity contribution in [1.29, 1.82) is 0 Å². The fourth-order valence-electron chi connectivity index (χ4n) is 11.9. The lowest BCUT2D eigenvalue weighted by Crippen LogP contribution is -2.68. The average Bonchev–Trinajstić information content (AvgIpc) is 1.26. The Labute approximate surface area is 491 Å². The minimum atomic E-state index is -2.25. The number of rotatable bonds is 8. The van der Waals surface area contributed by atoms with E-state index >= 15 is 0 Å². The summed E-state index contributed by atoms with van der Waals surface area (Å²) in [6.07, 6.45) is -77.7. The highest BCUT2D eigenvalue weighted by Crippen LogP contribution is 2.39. The normalized spacial score (nSPS) is 55.0. The van der Waals surface area contributed by atoms with Crippen molar-refractivity contribution in [2.24, 2.45) is 0 Å². The van der Waals surface area contributed by atoms with Gasteiger partial charge in [-0.25, -0.2) is 0 Å². The van der Waals surface area contributed by atoms with Crippen LogP contribution in [0.4, 0.5) is 0 Å². The predicted molar refractivity (Wildman–Crippen MR) is 260 cm³/mol. The van der Waals surface area contributed by atoms with E-state index in [1.54, 1.807) is 0 Å². The van der Waals surface area contributed by atoms with Crippen LogP contribution in [0.1, 0.15) is 6.42 Å². The third kappa shape index (κ3) is 14.0. The summed E-state index contributed by atoms with van der Waals surface area (Å²) in [7, 11) is 0. The Kier molecular flexibility index (Phi) is 23.9. The Morgan fingerprint density at radius 1 is 0.184 bits per heavy atom. The van der Waals surface area contributed by atoms with E-state index in [-0.39, 0.29) is 0 Å². The summed E-state index contributed by atoms with van der Waals surface area (Å²) in [6.45, 7) is -8.28. The Balaban J connectivity index is 0.981. The van der Waals surface area contributed by atoms with Gasteiger partial charge in [-0.2, -0.15) is 0 Å². The third-order valence-corrected chi connectivity index (χ3v) is 16.8. The molecule has 0 aromatic heterocycles. The molecule has 0 aliphatic carbocycles. The first-order valence-electron chi connectivity index (χ1n) is 28.0. The van der Waals surface area contributed by atoms with Crippen molar-refractivity contribution in [1.82, 2.24) is 0 Å². The lowest BCUT2D eigenvalue weighted by atomic mass is 9.95. The standard InChI is InChI=1S/C48H80O39/c49-2-12-11-1-10(57)41(73-12)81-34-14(4-51)75-42(27(65)21(34)59)82-35-15(5-52)76-43(28(66)22(35)60)83-36-16(6-53)77-44(29(67)23(36)61)84-37-17(7-54)78-45(30(68)24(37)62)85-38-18(8-55)79-46(31(69)25(38)63)86-39-19(9-56)80-47(32(70)26(39)64)87-40-20(58)13(3-50)74-48(72-11)33(40)71/h10-71H,1-9H2/t10?,11-,12?,13?,14?,15?,16?,17?,18?,19?,20+,21+,22+,23+,24+,25+,26+,27?,28?,29?,30?,31?,32?,33?,34+,35+,36+,37+,38+,39+,40-,41-,42+,43+,44+,45+,46+,47+,48+/m0/s1. The van der Waals surface area contributed by atoms with Gasteiger partial charge in [0.1, 0.15) is 183 Å². The van der Waals surface area contributed by atoms with Crippen molar-refractivity contribution in [2.45, 2.75) is 246 Å². The Morgan fingerprint density at radius 3 is 0.644 bits per heavy atom. The third-order valence-electron chi connectivity index (χ3n) is 16.8. The van der Waals surface area contributed by atoms with Crippen LogP contribution in [0.3, 0.4) is 0 Å². The summed E-state index contributed by atoms with van der Waals surface area (Å²) in [6, 6.07) is 0. The molecule has 26 heterocycles. The molecule has 39 atom stereocenters. The van der Waals surface area contributed by atoms with Crippen molar-refractivity contribution in [3.05, 3.63) is 0 Å². The van der Waals surface area contributed by atoms with Gasteiger partial charge >= 0.3 is 0 Å². The zero-order chi connectivity index (χ0) is 63.2. The molecule has 39 nitrogen and oxygen atoms in total. The van der Waals surface area contributed by atoms with E-state index < -0.39 is 299 Å². The fourth-order valence-corrected chi connectivity index (χ4v) is 11.9. The zero-order valence-corrected chi connectivity index (χ0v) is 45.7. The Bertz CT molecular complexity index is 2100. The molecule has 26 aliphatic heterocycles. The Hall–Kier alpha value is -1.56. The second kappa shape index (κ2) is 29.8. The molecule has 16 unspecified atom stereocenters. The summed E-state index contributed by atoms with van der Waals surface area (Å²) < 4.78 is 91.7. The highest BCUT2D eigenvalue weighted by Gasteiger charge is 2.60. The molecule has 0 saturated carbocycles. The van der Waals surface area contributed by atoms with Crippen LogP contribution in [-0.4, -0.2) is 410 Å². The molecule has 506 valence electrons. The van der Waals surface area contributed by atoms with E-state index in [4.69, 9.17) is 75.8 Å². The van der Waals surface area contributed by atoms with Gasteiger partial charge in [-0.15, -0.1) is 0 Å². The highest BCUT2D eigenvalue weighted by molar-refractivity contribution is 5.02. The number of ether oxygens (including phenoxy) is 16. The fraction of sp³-hybridized carbons (Fsp3) is 1.00. The molecule has 0 spiro atoms. The van der Waals surface area contributed by atoms with Crippen molar-refractivity contribution >= 4 is 0 Å². The van der Waals surface area contributed by atoms with Crippen LogP contribution in [0.15, 0.2) is 0 Å². The number of hydrogen-bond acceptors (Lipinski definition) is 39. The summed E-state index contributed by atoms with van der Waals surface area (Å²) in [5.41, 5.74) is 0. The van der Waals surface area contributed by atoms with Crippen LogP contribution in [0.5, 0.6) is 0 Å². The lowest BCUT2D eigenvalue weighted by molar-refractivity contribution is -0.398. The van der Waals surface area contributed by atoms with E-state index in [0.717, 1.165) is 0 Å². The van der Waals surface area contributed by atoms with Crippen LogP contribution in [0, 0.1) is 0 Å². The van der Waals surface area contributed by atoms with Gasteiger partial charge < -0.3 is 193 Å². The van der Waals surface area contributed by atoms with Crippen LogP contribution in [0.2, 0.25) is 0 Å². The molecule has 16 bridgehead atoms. The van der Waals surface area contributed by atoms with Crippen molar-refractivity contribution in [3.8, 4) is 0 Å². The molecule has 26 rings (SSSR count). The monoisotopic (exact) mass is 1280 g/mol. The van der Waals surface area contributed by atoms with E-state index in [1.807, 2.05) is 0 Å². The first-order valence-corrected chi connectivity index (χ1v) is 28.0. The molecule has 23 N–H and O–H groups in total. The smallest absolute Gasteiger partial charge is 0.187 e. The van der Waals surface area contributed by atoms with Crippen LogP contribution in [0.25, 0.3) is 0 Å². The molecule has 87 heavy (non-hydrogen) atoms. The van der Waals surface area contributed by atoms with Gasteiger partial charge in [0.05, 0.1) is 59.0 Å². The number of hydrogen-bond donors (Lipinski definition) is 23. The molecule has 26 fully saturated rings. The second-order valence-corrected chi connectivity index (χ2v) is 22.4. The SMILES string of the molecule is OCC1O[C@H]2O[C@@H]3C(CO)O[C@H](O[C@@H]4C(CO)O[C@H](O[C@@H]5C(CO)O[C@H](O[C@@H]6C(CO)O[C@H](O[C@@H]7C(CO)O[C@H](O[C@@H]8C(CO)O[C@H](O[C@@H]9C(O)[C@@H](OC(CO)[C@H]9O)O[C@H]1CC2O)C(O)[C@H]8O)C(O)[C@H]7O)C(O)[C@H]6O)C(O)[C@H]5O)C(O)[C@H]4O)C(O)[C@H]3O. The molecule has 0 radical (unpaired) electrons. The summed E-state index contributed by atoms with van der Waals surface area (Å²) >= 11 is 0. The van der Waals surface area contributed by atoms with Crippen molar-refractivity contribution in [2.75, 3.05) is 52.9 Å². The second-order valence-electron chi connectivity index (χ2n) is 22.4. The lowest BCUT2D eigenvalue weighted by Gasteiger charge is -2.50. The van der Waals surface area contributed by atoms with Crippen LogP contribution in [-0.2, 0) is 75.8 Å². The molecule has 0 amide bonds. The molecule has 0 aromatic carbocycles. The van der Waals surface area contributed by atoms with E-state index in [9.17, 15) is 117 Å².